The molecule has 2 rings (SSSR count). The van der Waals surface area contributed by atoms with Gasteiger partial charge in [0.15, 0.2) is 0 Å². The molecule has 0 aliphatic heterocycles. The Balaban J connectivity index is 2.29. The van der Waals surface area contributed by atoms with E-state index < -0.39 is 0 Å². The fourth-order valence-corrected chi connectivity index (χ4v) is 1.95. The highest BCUT2D eigenvalue weighted by Crippen LogP contribution is 2.26. The van der Waals surface area contributed by atoms with E-state index in [-0.39, 0.29) is 0 Å². The number of nitrogens with one attached hydrogen (secondary N) is 1. The van der Waals surface area contributed by atoms with Gasteiger partial charge in [-0.1, -0.05) is 22.0 Å². The van der Waals surface area contributed by atoms with Crippen LogP contribution in [-0.4, -0.2) is 14.1 Å². The van der Waals surface area contributed by atoms with Crippen LogP contribution in [0, 0.1) is 0 Å². The standard InChI is InChI=1S/C14H15BrN2/c1-16-12-4-3-5-14(10-12)17(2)13-8-6-11(15)7-9-13/h3-10,16H,1-2H3. The minimum atomic E-state index is 1.10. The van der Waals surface area contributed by atoms with E-state index in [0.717, 1.165) is 10.2 Å². The van der Waals surface area contributed by atoms with E-state index in [2.05, 4.69) is 69.6 Å². The number of hydrogen-bond acceptors (Lipinski definition) is 2. The Bertz CT molecular complexity index is 494. The van der Waals surface area contributed by atoms with E-state index in [4.69, 9.17) is 0 Å². The van der Waals surface area contributed by atoms with Gasteiger partial charge < -0.3 is 10.2 Å². The van der Waals surface area contributed by atoms with Crippen molar-refractivity contribution in [3.63, 3.8) is 0 Å². The van der Waals surface area contributed by atoms with Crippen molar-refractivity contribution in [2.24, 2.45) is 0 Å². The summed E-state index contributed by atoms with van der Waals surface area (Å²) in [6.45, 7) is 0. The number of anilines is 3. The highest BCUT2D eigenvalue weighted by Gasteiger charge is 2.03. The molecule has 2 nitrogen and oxygen atoms in total. The lowest BCUT2D eigenvalue weighted by molar-refractivity contribution is 1.21. The van der Waals surface area contributed by atoms with Crippen LogP contribution in [0.2, 0.25) is 0 Å². The van der Waals surface area contributed by atoms with Crippen LogP contribution in [0.25, 0.3) is 0 Å². The first-order valence-electron chi connectivity index (χ1n) is 5.48. The fraction of sp³-hybridized carbons (Fsp3) is 0.143. The molecule has 0 aliphatic rings. The van der Waals surface area contributed by atoms with Gasteiger partial charge in [-0.25, -0.2) is 0 Å². The summed E-state index contributed by atoms with van der Waals surface area (Å²) in [6.07, 6.45) is 0. The van der Waals surface area contributed by atoms with Crippen molar-refractivity contribution in [1.29, 1.82) is 0 Å². The number of hydrogen-bond donors (Lipinski definition) is 1. The van der Waals surface area contributed by atoms with Crippen molar-refractivity contribution in [3.05, 3.63) is 53.0 Å². The summed E-state index contributed by atoms with van der Waals surface area (Å²) in [5, 5.41) is 3.15. The predicted molar refractivity (Wildman–Crippen MR) is 78.2 cm³/mol. The normalized spacial score (nSPS) is 10.1. The van der Waals surface area contributed by atoms with E-state index in [1.807, 2.05) is 19.2 Å². The first-order chi connectivity index (χ1) is 8.20. The third-order valence-corrected chi connectivity index (χ3v) is 3.26. The highest BCUT2D eigenvalue weighted by atomic mass is 79.9. The van der Waals surface area contributed by atoms with Crippen LogP contribution in [0.5, 0.6) is 0 Å². The zero-order valence-corrected chi connectivity index (χ0v) is 11.5. The van der Waals surface area contributed by atoms with Gasteiger partial charge in [0.1, 0.15) is 0 Å². The van der Waals surface area contributed by atoms with E-state index in [1.165, 1.54) is 11.4 Å². The summed E-state index contributed by atoms with van der Waals surface area (Å²) in [5.74, 6) is 0. The van der Waals surface area contributed by atoms with Crippen LogP contribution in [-0.2, 0) is 0 Å². The molecule has 0 spiro atoms. The van der Waals surface area contributed by atoms with Crippen LogP contribution >= 0.6 is 15.9 Å². The molecule has 0 fully saturated rings. The van der Waals surface area contributed by atoms with Crippen molar-refractivity contribution in [2.45, 2.75) is 0 Å². The van der Waals surface area contributed by atoms with Gasteiger partial charge in [-0.15, -0.1) is 0 Å². The predicted octanol–water partition coefficient (Wildman–Crippen LogP) is 4.26. The van der Waals surface area contributed by atoms with E-state index in [0.29, 0.717) is 0 Å². The molecule has 3 heteroatoms. The average molecular weight is 291 g/mol. The lowest BCUT2D eigenvalue weighted by Crippen LogP contribution is -2.09. The molecule has 0 bridgehead atoms. The van der Waals surface area contributed by atoms with Gasteiger partial charge in [0, 0.05) is 35.6 Å². The summed E-state index contributed by atoms with van der Waals surface area (Å²) in [4.78, 5) is 2.16. The molecule has 0 saturated carbocycles. The third-order valence-electron chi connectivity index (χ3n) is 2.74. The van der Waals surface area contributed by atoms with E-state index in [1.54, 1.807) is 0 Å². The van der Waals surface area contributed by atoms with Crippen molar-refractivity contribution < 1.29 is 0 Å². The van der Waals surface area contributed by atoms with E-state index in [9.17, 15) is 0 Å². The van der Waals surface area contributed by atoms with Crippen molar-refractivity contribution in [3.8, 4) is 0 Å². The summed E-state index contributed by atoms with van der Waals surface area (Å²) >= 11 is 3.45. The van der Waals surface area contributed by atoms with Crippen LogP contribution in [0.4, 0.5) is 17.1 Å². The topological polar surface area (TPSA) is 15.3 Å². The summed E-state index contributed by atoms with van der Waals surface area (Å²) < 4.78 is 1.10. The van der Waals surface area contributed by atoms with Crippen LogP contribution in [0.15, 0.2) is 53.0 Å². The Hall–Kier alpha value is -1.48. The molecular formula is C14H15BrN2. The Morgan fingerprint density at radius 1 is 1.00 bits per heavy atom. The lowest BCUT2D eigenvalue weighted by atomic mass is 10.2. The van der Waals surface area contributed by atoms with Gasteiger partial charge in [-0.05, 0) is 42.5 Å². The van der Waals surface area contributed by atoms with Gasteiger partial charge in [-0.3, -0.25) is 0 Å². The van der Waals surface area contributed by atoms with Gasteiger partial charge in [0.05, 0.1) is 0 Å². The Morgan fingerprint density at radius 3 is 2.35 bits per heavy atom. The maximum Gasteiger partial charge on any atom is 0.0428 e. The second kappa shape index (κ2) is 5.23. The molecule has 0 saturated heterocycles. The molecule has 1 N–H and O–H groups in total. The summed E-state index contributed by atoms with van der Waals surface area (Å²) in [5.41, 5.74) is 3.45. The number of rotatable bonds is 3. The minimum Gasteiger partial charge on any atom is -0.388 e. The maximum absolute atomic E-state index is 3.45. The zero-order chi connectivity index (χ0) is 12.3. The molecule has 0 atom stereocenters. The molecule has 0 heterocycles. The van der Waals surface area contributed by atoms with E-state index >= 15 is 0 Å². The minimum absolute atomic E-state index is 1.10. The van der Waals surface area contributed by atoms with Crippen molar-refractivity contribution in [2.75, 3.05) is 24.3 Å². The van der Waals surface area contributed by atoms with Crippen molar-refractivity contribution >= 4 is 33.0 Å². The van der Waals surface area contributed by atoms with Gasteiger partial charge in [0.25, 0.3) is 0 Å². The van der Waals surface area contributed by atoms with Crippen molar-refractivity contribution in [1.82, 2.24) is 0 Å². The zero-order valence-electron chi connectivity index (χ0n) is 9.94. The molecule has 88 valence electrons. The first-order valence-corrected chi connectivity index (χ1v) is 6.27. The van der Waals surface area contributed by atoms with Gasteiger partial charge >= 0.3 is 0 Å². The summed E-state index contributed by atoms with van der Waals surface area (Å²) in [7, 11) is 4.00. The number of benzene rings is 2. The number of nitrogens with zero attached hydrogens (tertiary/aromatic N) is 1. The molecule has 17 heavy (non-hydrogen) atoms. The van der Waals surface area contributed by atoms with Gasteiger partial charge in [-0.2, -0.15) is 0 Å². The van der Waals surface area contributed by atoms with Gasteiger partial charge in [0.2, 0.25) is 0 Å². The fourth-order valence-electron chi connectivity index (χ4n) is 1.68. The highest BCUT2D eigenvalue weighted by molar-refractivity contribution is 9.10. The molecule has 2 aromatic carbocycles. The monoisotopic (exact) mass is 290 g/mol. The summed E-state index contributed by atoms with van der Waals surface area (Å²) in [6, 6.07) is 16.6. The largest absolute Gasteiger partial charge is 0.388 e. The second-order valence-corrected chi connectivity index (χ2v) is 4.75. The molecule has 0 amide bonds. The molecular weight excluding hydrogens is 276 g/mol. The van der Waals surface area contributed by atoms with Crippen LogP contribution < -0.4 is 10.2 Å². The third kappa shape index (κ3) is 2.80. The van der Waals surface area contributed by atoms with Crippen LogP contribution in [0.1, 0.15) is 0 Å². The molecule has 0 radical (unpaired) electrons. The molecule has 0 aliphatic carbocycles. The average Bonchev–Trinajstić information content (AvgIpc) is 2.39. The first kappa shape index (κ1) is 12.0. The Morgan fingerprint density at radius 2 is 1.71 bits per heavy atom. The smallest absolute Gasteiger partial charge is 0.0428 e. The molecule has 0 aromatic heterocycles. The Labute approximate surface area is 110 Å². The van der Waals surface area contributed by atoms with Crippen LogP contribution in [0.3, 0.4) is 0 Å². The SMILES string of the molecule is CNc1cccc(N(C)c2ccc(Br)cc2)c1. The maximum atomic E-state index is 3.45. The molecule has 0 unspecified atom stereocenters. The lowest BCUT2D eigenvalue weighted by Gasteiger charge is -2.20. The molecule has 2 aromatic rings. The quantitative estimate of drug-likeness (QED) is 0.909. The number of halogens is 1. The Kier molecular flexibility index (Phi) is 3.69. The second-order valence-electron chi connectivity index (χ2n) is 3.84.